The monoisotopic (exact) mass is 259 g/mol. The minimum Gasteiger partial charge on any atom is -0.480 e. The summed E-state index contributed by atoms with van der Waals surface area (Å²) in [5.74, 6) is -0.0605. The average Bonchev–Trinajstić information content (AvgIpc) is 2.33. The van der Waals surface area contributed by atoms with Crippen LogP contribution in [-0.2, 0) is 14.3 Å². The van der Waals surface area contributed by atoms with Gasteiger partial charge in [-0.25, -0.2) is 4.79 Å². The summed E-state index contributed by atoms with van der Waals surface area (Å²) in [6.07, 6.45) is 3.47. The normalized spacial score (nSPS) is 30.4. The van der Waals surface area contributed by atoms with Crippen molar-refractivity contribution < 1.29 is 19.4 Å². The zero-order chi connectivity index (χ0) is 12.3. The number of ether oxygens (including phenoxy) is 1. The van der Waals surface area contributed by atoms with Crippen LogP contribution in [0.4, 0.5) is 0 Å². The van der Waals surface area contributed by atoms with E-state index in [-0.39, 0.29) is 19.1 Å². The molecule has 2 heterocycles. The Labute approximate surface area is 104 Å². The number of hydrogen-bond acceptors (Lipinski definition) is 4. The number of morpholine rings is 1. The van der Waals surface area contributed by atoms with Gasteiger partial charge in [-0.2, -0.15) is 11.8 Å². The topological polar surface area (TPSA) is 66.8 Å². The van der Waals surface area contributed by atoms with E-state index in [4.69, 9.17) is 9.84 Å². The van der Waals surface area contributed by atoms with Crippen molar-refractivity contribution in [1.82, 2.24) is 4.90 Å². The molecule has 1 amide bonds. The van der Waals surface area contributed by atoms with Crippen LogP contribution >= 0.6 is 11.8 Å². The summed E-state index contributed by atoms with van der Waals surface area (Å²) >= 11 is 1.85. The Morgan fingerprint density at radius 1 is 1.53 bits per heavy atom. The van der Waals surface area contributed by atoms with Crippen LogP contribution in [0.5, 0.6) is 0 Å². The molecule has 0 aromatic rings. The zero-order valence-electron chi connectivity index (χ0n) is 9.63. The van der Waals surface area contributed by atoms with Crippen LogP contribution in [0, 0.1) is 0 Å². The van der Waals surface area contributed by atoms with Gasteiger partial charge in [0.25, 0.3) is 0 Å². The third-order valence-electron chi connectivity index (χ3n) is 3.16. The molecule has 5 nitrogen and oxygen atoms in total. The number of carboxylic acid groups (broad SMARTS) is 1. The largest absolute Gasteiger partial charge is 0.480 e. The quantitative estimate of drug-likeness (QED) is 0.803. The Bertz CT molecular complexity index is 304. The first-order valence-electron chi connectivity index (χ1n) is 5.90. The SMILES string of the molecule is O=C(O)C1COCC(=O)N1CC1CCCCS1. The molecule has 2 atom stereocenters. The van der Waals surface area contributed by atoms with E-state index < -0.39 is 12.0 Å². The van der Waals surface area contributed by atoms with Gasteiger partial charge < -0.3 is 14.7 Å². The van der Waals surface area contributed by atoms with Crippen LogP contribution in [0.15, 0.2) is 0 Å². The van der Waals surface area contributed by atoms with Gasteiger partial charge in [0.1, 0.15) is 6.61 Å². The van der Waals surface area contributed by atoms with E-state index in [1.54, 1.807) is 0 Å². The molecule has 0 aromatic carbocycles. The van der Waals surface area contributed by atoms with Gasteiger partial charge in [-0.05, 0) is 18.6 Å². The number of hydrogen-bond donors (Lipinski definition) is 1. The Hall–Kier alpha value is -0.750. The van der Waals surface area contributed by atoms with Gasteiger partial charge in [0.05, 0.1) is 6.61 Å². The molecule has 2 aliphatic heterocycles. The molecule has 2 unspecified atom stereocenters. The van der Waals surface area contributed by atoms with Gasteiger partial charge in [-0.15, -0.1) is 0 Å². The van der Waals surface area contributed by atoms with E-state index in [2.05, 4.69) is 0 Å². The minimum absolute atomic E-state index is 0.0150. The first-order chi connectivity index (χ1) is 8.18. The third kappa shape index (κ3) is 3.13. The van der Waals surface area contributed by atoms with Crippen LogP contribution in [0.1, 0.15) is 19.3 Å². The van der Waals surface area contributed by atoms with Gasteiger partial charge in [0, 0.05) is 11.8 Å². The summed E-state index contributed by atoms with van der Waals surface area (Å²) in [6, 6.07) is -0.807. The molecule has 0 radical (unpaired) electrons. The Balaban J connectivity index is 1.98. The van der Waals surface area contributed by atoms with Gasteiger partial charge in [0.15, 0.2) is 6.04 Å². The molecule has 0 bridgehead atoms. The van der Waals surface area contributed by atoms with Crippen LogP contribution < -0.4 is 0 Å². The maximum Gasteiger partial charge on any atom is 0.328 e. The fraction of sp³-hybridized carbons (Fsp3) is 0.818. The van der Waals surface area contributed by atoms with Crippen molar-refractivity contribution in [3.05, 3.63) is 0 Å². The first-order valence-corrected chi connectivity index (χ1v) is 6.95. The second-order valence-corrected chi connectivity index (χ2v) is 5.81. The molecule has 0 aliphatic carbocycles. The lowest BCUT2D eigenvalue weighted by atomic mass is 10.1. The standard InChI is InChI=1S/C11H17NO4S/c13-10-7-16-6-9(11(14)15)12(10)5-8-3-1-2-4-17-8/h8-9H,1-7H2,(H,14,15). The molecule has 1 N–H and O–H groups in total. The molecule has 2 saturated heterocycles. The fourth-order valence-corrected chi connectivity index (χ4v) is 3.51. The Kier molecular flexibility index (Phi) is 4.28. The molecule has 6 heteroatoms. The number of aliphatic carboxylic acids is 1. The van der Waals surface area contributed by atoms with Crippen LogP contribution in [0.2, 0.25) is 0 Å². The molecule has 0 saturated carbocycles. The van der Waals surface area contributed by atoms with E-state index in [1.165, 1.54) is 17.7 Å². The number of carbonyl (C=O) groups is 2. The third-order valence-corrected chi connectivity index (χ3v) is 4.54. The fourth-order valence-electron chi connectivity index (χ4n) is 2.21. The predicted octanol–water partition coefficient (Wildman–Crippen LogP) is 0.584. The summed E-state index contributed by atoms with van der Waals surface area (Å²) in [5.41, 5.74) is 0. The molecule has 0 aromatic heterocycles. The number of thioether (sulfide) groups is 1. The summed E-state index contributed by atoms with van der Waals surface area (Å²) in [6.45, 7) is 0.670. The highest BCUT2D eigenvalue weighted by molar-refractivity contribution is 7.99. The van der Waals surface area contributed by atoms with E-state index in [1.807, 2.05) is 11.8 Å². The van der Waals surface area contributed by atoms with Crippen molar-refractivity contribution >= 4 is 23.6 Å². The van der Waals surface area contributed by atoms with Crippen molar-refractivity contribution in [2.45, 2.75) is 30.6 Å². The zero-order valence-corrected chi connectivity index (χ0v) is 10.4. The van der Waals surface area contributed by atoms with Crippen LogP contribution in [0.3, 0.4) is 0 Å². The van der Waals surface area contributed by atoms with Crippen LogP contribution in [-0.4, -0.2) is 58.7 Å². The van der Waals surface area contributed by atoms with Crippen molar-refractivity contribution in [2.24, 2.45) is 0 Å². The second kappa shape index (κ2) is 5.73. The first kappa shape index (κ1) is 12.7. The van der Waals surface area contributed by atoms with Crippen molar-refractivity contribution in [3.63, 3.8) is 0 Å². The number of carboxylic acids is 1. The van der Waals surface area contributed by atoms with E-state index in [0.717, 1.165) is 12.2 Å². The molecule has 2 aliphatic rings. The smallest absolute Gasteiger partial charge is 0.328 e. The summed E-state index contributed by atoms with van der Waals surface area (Å²) in [5, 5.41) is 9.46. The lowest BCUT2D eigenvalue weighted by Gasteiger charge is -2.36. The molecule has 17 heavy (non-hydrogen) atoms. The molecule has 2 fully saturated rings. The summed E-state index contributed by atoms with van der Waals surface area (Å²) in [4.78, 5) is 24.3. The molecule has 0 spiro atoms. The second-order valence-electron chi connectivity index (χ2n) is 4.40. The highest BCUT2D eigenvalue weighted by atomic mass is 32.2. The Morgan fingerprint density at radius 2 is 2.35 bits per heavy atom. The highest BCUT2D eigenvalue weighted by Gasteiger charge is 2.35. The summed E-state index contributed by atoms with van der Waals surface area (Å²) in [7, 11) is 0. The van der Waals surface area contributed by atoms with Gasteiger partial charge in [-0.3, -0.25) is 4.79 Å². The summed E-state index contributed by atoms with van der Waals surface area (Å²) < 4.78 is 5.00. The predicted molar refractivity (Wildman–Crippen MR) is 64.1 cm³/mol. The number of rotatable bonds is 3. The van der Waals surface area contributed by atoms with E-state index in [0.29, 0.717) is 11.8 Å². The van der Waals surface area contributed by atoms with Gasteiger partial charge in [-0.1, -0.05) is 6.42 Å². The number of carbonyl (C=O) groups excluding carboxylic acids is 1. The Morgan fingerprint density at radius 3 is 3.00 bits per heavy atom. The maximum atomic E-state index is 11.7. The van der Waals surface area contributed by atoms with E-state index in [9.17, 15) is 9.59 Å². The molecular formula is C11H17NO4S. The lowest BCUT2D eigenvalue weighted by molar-refractivity contribution is -0.162. The van der Waals surface area contributed by atoms with Crippen molar-refractivity contribution in [1.29, 1.82) is 0 Å². The van der Waals surface area contributed by atoms with Crippen molar-refractivity contribution in [3.8, 4) is 0 Å². The number of nitrogens with zero attached hydrogens (tertiary/aromatic N) is 1. The molecule has 2 rings (SSSR count). The minimum atomic E-state index is -0.973. The number of amides is 1. The van der Waals surface area contributed by atoms with E-state index >= 15 is 0 Å². The molecule has 96 valence electrons. The average molecular weight is 259 g/mol. The van der Waals surface area contributed by atoms with Crippen LogP contribution in [0.25, 0.3) is 0 Å². The van der Waals surface area contributed by atoms with Gasteiger partial charge in [0.2, 0.25) is 5.91 Å². The van der Waals surface area contributed by atoms with Crippen molar-refractivity contribution in [2.75, 3.05) is 25.5 Å². The maximum absolute atomic E-state index is 11.7. The molecular weight excluding hydrogens is 242 g/mol. The lowest BCUT2D eigenvalue weighted by Crippen LogP contribution is -2.55. The van der Waals surface area contributed by atoms with Gasteiger partial charge >= 0.3 is 5.97 Å². The highest BCUT2D eigenvalue weighted by Crippen LogP contribution is 2.26.